The second-order valence-electron chi connectivity index (χ2n) is 6.11. The Hall–Kier alpha value is -2.38. The first-order valence-corrected chi connectivity index (χ1v) is 9.19. The number of amides is 1. The molecule has 6 nitrogen and oxygen atoms in total. The quantitative estimate of drug-likeness (QED) is 0.724. The van der Waals surface area contributed by atoms with E-state index in [1.54, 1.807) is 23.7 Å². The molecule has 4 rings (SSSR count). The molecule has 0 aliphatic carbocycles. The van der Waals surface area contributed by atoms with Crippen molar-refractivity contribution < 1.29 is 4.79 Å². The number of hydrogen-bond donors (Lipinski definition) is 0. The van der Waals surface area contributed by atoms with Gasteiger partial charge in [0.2, 0.25) is 0 Å². The van der Waals surface area contributed by atoms with Crippen molar-refractivity contribution in [1.29, 1.82) is 0 Å². The van der Waals surface area contributed by atoms with E-state index >= 15 is 0 Å². The molecule has 1 amide bonds. The number of para-hydroxylation sites is 1. The number of piperazine rings is 1. The van der Waals surface area contributed by atoms with Crippen LogP contribution in [0, 0.1) is 0 Å². The van der Waals surface area contributed by atoms with Gasteiger partial charge in [-0.3, -0.25) is 14.7 Å². The highest BCUT2D eigenvalue weighted by atomic mass is 32.1. The maximum absolute atomic E-state index is 12.5. The molecule has 25 heavy (non-hydrogen) atoms. The molecule has 0 spiro atoms. The van der Waals surface area contributed by atoms with Crippen LogP contribution < -0.4 is 0 Å². The van der Waals surface area contributed by atoms with Crippen LogP contribution in [0.5, 0.6) is 0 Å². The molecule has 1 saturated heterocycles. The Morgan fingerprint density at radius 2 is 1.96 bits per heavy atom. The van der Waals surface area contributed by atoms with Crippen molar-refractivity contribution in [1.82, 2.24) is 24.8 Å². The normalized spacial score (nSPS) is 16.9. The standard InChI is InChI=1S/C18H19N5OS/c1-13(17-21-14-4-2-3-5-16(14)25-17)22-8-10-23(11-9-22)18(24)15-12-19-6-7-20-15/h2-7,12-13H,8-11H2,1H3/t13-/m1/s1. The van der Waals surface area contributed by atoms with E-state index in [9.17, 15) is 4.79 Å². The molecule has 1 atom stereocenters. The third kappa shape index (κ3) is 3.25. The lowest BCUT2D eigenvalue weighted by molar-refractivity contribution is 0.0576. The Kier molecular flexibility index (Phi) is 4.42. The summed E-state index contributed by atoms with van der Waals surface area (Å²) in [4.78, 5) is 29.5. The maximum atomic E-state index is 12.5. The highest BCUT2D eigenvalue weighted by Crippen LogP contribution is 2.29. The van der Waals surface area contributed by atoms with E-state index in [1.807, 2.05) is 17.0 Å². The Labute approximate surface area is 150 Å². The Morgan fingerprint density at radius 1 is 1.16 bits per heavy atom. The zero-order valence-electron chi connectivity index (χ0n) is 14.0. The number of benzene rings is 1. The Morgan fingerprint density at radius 3 is 2.68 bits per heavy atom. The van der Waals surface area contributed by atoms with Crippen LogP contribution in [-0.4, -0.2) is 56.8 Å². The van der Waals surface area contributed by atoms with Crippen molar-refractivity contribution in [2.75, 3.05) is 26.2 Å². The number of thiazole rings is 1. The summed E-state index contributed by atoms with van der Waals surface area (Å²) in [5.74, 6) is -0.0413. The Bertz CT molecular complexity index is 840. The molecule has 3 heterocycles. The lowest BCUT2D eigenvalue weighted by atomic mass is 10.2. The predicted octanol–water partition coefficient (Wildman–Crippen LogP) is 2.61. The molecule has 0 unspecified atom stereocenters. The zero-order valence-corrected chi connectivity index (χ0v) is 14.8. The first kappa shape index (κ1) is 16.1. The van der Waals surface area contributed by atoms with Crippen LogP contribution in [-0.2, 0) is 0 Å². The lowest BCUT2D eigenvalue weighted by Crippen LogP contribution is -2.49. The number of carbonyl (C=O) groups excluding carboxylic acids is 1. The van der Waals surface area contributed by atoms with E-state index in [2.05, 4.69) is 33.9 Å². The van der Waals surface area contributed by atoms with Gasteiger partial charge in [0.1, 0.15) is 10.7 Å². The fourth-order valence-corrected chi connectivity index (χ4v) is 4.16. The number of hydrogen-bond acceptors (Lipinski definition) is 6. The van der Waals surface area contributed by atoms with Crippen LogP contribution in [0.1, 0.15) is 28.5 Å². The molecule has 1 aromatic carbocycles. The molecule has 0 N–H and O–H groups in total. The maximum Gasteiger partial charge on any atom is 0.274 e. The van der Waals surface area contributed by atoms with Crippen LogP contribution >= 0.6 is 11.3 Å². The Balaban J connectivity index is 1.42. The summed E-state index contributed by atoms with van der Waals surface area (Å²) in [6.07, 6.45) is 4.66. The lowest BCUT2D eigenvalue weighted by Gasteiger charge is -2.37. The SMILES string of the molecule is C[C@H](c1nc2ccccc2s1)N1CCN(C(=O)c2cnccn2)CC1. The molecule has 0 bridgehead atoms. The van der Waals surface area contributed by atoms with Gasteiger partial charge >= 0.3 is 0 Å². The van der Waals surface area contributed by atoms with Crippen LogP contribution in [0.2, 0.25) is 0 Å². The van der Waals surface area contributed by atoms with E-state index in [0.717, 1.165) is 23.6 Å². The van der Waals surface area contributed by atoms with Crippen LogP contribution in [0.25, 0.3) is 10.2 Å². The molecule has 1 aliphatic heterocycles. The summed E-state index contributed by atoms with van der Waals surface area (Å²) >= 11 is 1.75. The van der Waals surface area contributed by atoms with Gasteiger partial charge in [-0.25, -0.2) is 9.97 Å². The van der Waals surface area contributed by atoms with Gasteiger partial charge in [0, 0.05) is 38.6 Å². The first-order chi connectivity index (χ1) is 12.2. The summed E-state index contributed by atoms with van der Waals surface area (Å²) in [6, 6.07) is 8.49. The van der Waals surface area contributed by atoms with Crippen molar-refractivity contribution in [3.63, 3.8) is 0 Å². The van der Waals surface area contributed by atoms with E-state index in [4.69, 9.17) is 4.98 Å². The van der Waals surface area contributed by atoms with Crippen molar-refractivity contribution in [2.24, 2.45) is 0 Å². The monoisotopic (exact) mass is 353 g/mol. The summed E-state index contributed by atoms with van der Waals surface area (Å²) in [7, 11) is 0. The molecule has 2 aromatic heterocycles. The summed E-state index contributed by atoms with van der Waals surface area (Å²) in [5, 5.41) is 1.13. The summed E-state index contributed by atoms with van der Waals surface area (Å²) in [5.41, 5.74) is 1.47. The minimum absolute atomic E-state index is 0.0413. The summed E-state index contributed by atoms with van der Waals surface area (Å²) < 4.78 is 1.22. The molecule has 0 radical (unpaired) electrons. The first-order valence-electron chi connectivity index (χ1n) is 8.37. The fraction of sp³-hybridized carbons (Fsp3) is 0.333. The molecular formula is C18H19N5OS. The van der Waals surface area contributed by atoms with Gasteiger partial charge in [-0.2, -0.15) is 0 Å². The van der Waals surface area contributed by atoms with E-state index in [1.165, 1.54) is 10.9 Å². The average Bonchev–Trinajstić information content (AvgIpc) is 3.12. The third-order valence-corrected chi connectivity index (χ3v) is 5.81. The van der Waals surface area contributed by atoms with Gasteiger partial charge in [-0.15, -0.1) is 11.3 Å². The molecule has 128 valence electrons. The zero-order chi connectivity index (χ0) is 17.2. The van der Waals surface area contributed by atoms with Gasteiger partial charge in [0.25, 0.3) is 5.91 Å². The number of carbonyl (C=O) groups is 1. The highest BCUT2D eigenvalue weighted by molar-refractivity contribution is 7.18. The minimum atomic E-state index is -0.0413. The largest absolute Gasteiger partial charge is 0.335 e. The average molecular weight is 353 g/mol. The molecule has 1 fully saturated rings. The molecule has 1 aliphatic rings. The fourth-order valence-electron chi connectivity index (χ4n) is 3.11. The van der Waals surface area contributed by atoms with Crippen LogP contribution in [0.4, 0.5) is 0 Å². The molecule has 7 heteroatoms. The van der Waals surface area contributed by atoms with Gasteiger partial charge in [-0.1, -0.05) is 12.1 Å². The van der Waals surface area contributed by atoms with Gasteiger partial charge in [0.15, 0.2) is 0 Å². The minimum Gasteiger partial charge on any atom is -0.335 e. The van der Waals surface area contributed by atoms with Gasteiger partial charge in [-0.05, 0) is 19.1 Å². The van der Waals surface area contributed by atoms with Crippen molar-refractivity contribution in [3.05, 3.63) is 53.6 Å². The molecular weight excluding hydrogens is 334 g/mol. The smallest absolute Gasteiger partial charge is 0.274 e. The number of rotatable bonds is 3. The topological polar surface area (TPSA) is 62.2 Å². The number of fused-ring (bicyclic) bond motifs is 1. The third-order valence-electron chi connectivity index (χ3n) is 4.60. The molecule has 0 saturated carbocycles. The molecule has 3 aromatic rings. The highest BCUT2D eigenvalue weighted by Gasteiger charge is 2.27. The second-order valence-corrected chi connectivity index (χ2v) is 7.18. The van der Waals surface area contributed by atoms with E-state index in [0.29, 0.717) is 18.8 Å². The van der Waals surface area contributed by atoms with Crippen LogP contribution in [0.15, 0.2) is 42.9 Å². The predicted molar refractivity (Wildman–Crippen MR) is 97.5 cm³/mol. The van der Waals surface area contributed by atoms with Crippen molar-refractivity contribution in [3.8, 4) is 0 Å². The van der Waals surface area contributed by atoms with Crippen molar-refractivity contribution >= 4 is 27.5 Å². The van der Waals surface area contributed by atoms with Crippen LogP contribution in [0.3, 0.4) is 0 Å². The second kappa shape index (κ2) is 6.85. The van der Waals surface area contributed by atoms with Gasteiger partial charge in [0.05, 0.1) is 22.5 Å². The van der Waals surface area contributed by atoms with Gasteiger partial charge < -0.3 is 4.90 Å². The van der Waals surface area contributed by atoms with E-state index in [-0.39, 0.29) is 11.9 Å². The van der Waals surface area contributed by atoms with Crippen molar-refractivity contribution in [2.45, 2.75) is 13.0 Å². The number of aromatic nitrogens is 3. The summed E-state index contributed by atoms with van der Waals surface area (Å²) in [6.45, 7) is 5.26. The number of nitrogens with zero attached hydrogens (tertiary/aromatic N) is 5. The van der Waals surface area contributed by atoms with E-state index < -0.39 is 0 Å².